The van der Waals surface area contributed by atoms with Crippen LogP contribution in [-0.2, 0) is 9.59 Å². The number of rotatable bonds is 8. The van der Waals surface area contributed by atoms with Crippen LogP contribution in [0.5, 0.6) is 0 Å². The highest BCUT2D eigenvalue weighted by Crippen LogP contribution is 2.20. The third-order valence-corrected chi connectivity index (χ3v) is 4.35. The maximum absolute atomic E-state index is 12.4. The zero-order chi connectivity index (χ0) is 18.4. The number of aliphatic carboxylic acids is 1. The molecule has 0 spiro atoms. The first-order valence-corrected chi connectivity index (χ1v) is 8.70. The van der Waals surface area contributed by atoms with Gasteiger partial charge in [-0.3, -0.25) is 14.9 Å². The molecule has 142 valence electrons. The summed E-state index contributed by atoms with van der Waals surface area (Å²) in [4.78, 5) is 23.6. The van der Waals surface area contributed by atoms with Crippen molar-refractivity contribution in [3.05, 3.63) is 48.0 Å². The van der Waals surface area contributed by atoms with Crippen LogP contribution in [0.2, 0.25) is 0 Å². The molecule has 26 heavy (non-hydrogen) atoms. The van der Waals surface area contributed by atoms with E-state index in [1.54, 1.807) is 6.92 Å². The molecule has 3 atom stereocenters. The molecule has 2 rings (SSSR count). The number of hydrogen-bond acceptors (Lipinski definition) is 3. The molecular weight excluding hydrogens is 352 g/mol. The van der Waals surface area contributed by atoms with Gasteiger partial charge in [-0.2, -0.15) is 0 Å². The third kappa shape index (κ3) is 5.71. The Morgan fingerprint density at radius 3 is 2.35 bits per heavy atom. The van der Waals surface area contributed by atoms with Crippen molar-refractivity contribution in [1.82, 2.24) is 10.6 Å². The van der Waals surface area contributed by atoms with Gasteiger partial charge in [0.25, 0.3) is 0 Å². The van der Waals surface area contributed by atoms with Crippen molar-refractivity contribution in [2.45, 2.75) is 51.7 Å². The molecule has 3 unspecified atom stereocenters. The Hall–Kier alpha value is -2.11. The number of nitrogens with one attached hydrogen (secondary N) is 2. The Labute approximate surface area is 160 Å². The summed E-state index contributed by atoms with van der Waals surface area (Å²) in [6.45, 7) is 5.54. The normalized spacial score (nSPS) is 14.1. The zero-order valence-electron chi connectivity index (χ0n) is 15.4. The first-order valence-electron chi connectivity index (χ1n) is 8.70. The Morgan fingerprint density at radius 1 is 1.08 bits per heavy atom. The van der Waals surface area contributed by atoms with Crippen molar-refractivity contribution in [3.63, 3.8) is 0 Å². The summed E-state index contributed by atoms with van der Waals surface area (Å²) < 4.78 is 0. The van der Waals surface area contributed by atoms with Crippen molar-refractivity contribution >= 4 is 35.1 Å². The minimum absolute atomic E-state index is 0. The lowest BCUT2D eigenvalue weighted by atomic mass is 10.0. The van der Waals surface area contributed by atoms with E-state index in [4.69, 9.17) is 0 Å². The van der Waals surface area contributed by atoms with E-state index in [0.29, 0.717) is 6.42 Å². The summed E-state index contributed by atoms with van der Waals surface area (Å²) in [6.07, 6.45) is 1.24. The molecule has 6 heteroatoms. The van der Waals surface area contributed by atoms with Gasteiger partial charge in [-0.15, -0.1) is 12.4 Å². The summed E-state index contributed by atoms with van der Waals surface area (Å²) in [7, 11) is 0. The number of amides is 1. The zero-order valence-corrected chi connectivity index (χ0v) is 16.2. The number of hydrogen-bond donors (Lipinski definition) is 3. The average molecular weight is 379 g/mol. The predicted octanol–water partition coefficient (Wildman–Crippen LogP) is 3.67. The smallest absolute Gasteiger partial charge is 0.320 e. The lowest BCUT2D eigenvalue weighted by Gasteiger charge is -2.22. The lowest BCUT2D eigenvalue weighted by molar-refractivity contribution is -0.140. The molecule has 0 aliphatic rings. The topological polar surface area (TPSA) is 78.4 Å². The Morgan fingerprint density at radius 2 is 1.73 bits per heavy atom. The molecule has 5 nitrogen and oxygen atoms in total. The summed E-state index contributed by atoms with van der Waals surface area (Å²) in [5.74, 6) is -1.13. The average Bonchev–Trinajstić information content (AvgIpc) is 2.60. The largest absolute Gasteiger partial charge is 0.480 e. The maximum atomic E-state index is 12.4. The molecule has 3 N–H and O–H groups in total. The fraction of sp³-hybridized carbons (Fsp3) is 0.400. The summed E-state index contributed by atoms with van der Waals surface area (Å²) >= 11 is 0. The Balaban J connectivity index is 0.00000338. The maximum Gasteiger partial charge on any atom is 0.320 e. The van der Waals surface area contributed by atoms with Gasteiger partial charge < -0.3 is 10.4 Å². The van der Waals surface area contributed by atoms with E-state index in [9.17, 15) is 14.7 Å². The molecule has 1 amide bonds. The second kappa shape index (κ2) is 10.1. The molecule has 0 radical (unpaired) electrons. The highest BCUT2D eigenvalue weighted by Gasteiger charge is 2.23. The number of fused-ring (bicyclic) bond motifs is 1. The van der Waals surface area contributed by atoms with Crippen molar-refractivity contribution < 1.29 is 14.7 Å². The minimum Gasteiger partial charge on any atom is -0.480 e. The molecule has 0 bridgehead atoms. The molecule has 0 saturated carbocycles. The highest BCUT2D eigenvalue weighted by atomic mass is 35.5. The van der Waals surface area contributed by atoms with Gasteiger partial charge in [0.05, 0.1) is 12.1 Å². The molecule has 2 aromatic rings. The minimum atomic E-state index is -0.927. The molecular formula is C20H27ClN2O3. The van der Waals surface area contributed by atoms with Crippen molar-refractivity contribution in [2.24, 2.45) is 0 Å². The van der Waals surface area contributed by atoms with Crippen LogP contribution in [0.1, 0.15) is 45.2 Å². The second-order valence-corrected chi connectivity index (χ2v) is 6.40. The second-order valence-electron chi connectivity index (χ2n) is 6.40. The van der Waals surface area contributed by atoms with Crippen LogP contribution in [0.25, 0.3) is 10.8 Å². The number of carbonyl (C=O) groups excluding carboxylic acids is 1. The van der Waals surface area contributed by atoms with Crippen LogP contribution in [0.15, 0.2) is 42.5 Å². The SMILES string of the molecule is CCCC(NC(C)C(=O)NC(C)c1ccc2ccccc2c1)C(=O)O.Cl. The van der Waals surface area contributed by atoms with Crippen LogP contribution in [0.3, 0.4) is 0 Å². The molecule has 2 aromatic carbocycles. The molecule has 0 saturated heterocycles. The van der Waals surface area contributed by atoms with E-state index in [2.05, 4.69) is 16.7 Å². The van der Waals surface area contributed by atoms with Gasteiger partial charge in [0.2, 0.25) is 5.91 Å². The van der Waals surface area contributed by atoms with Gasteiger partial charge in [0, 0.05) is 0 Å². The van der Waals surface area contributed by atoms with Crippen LogP contribution in [0, 0.1) is 0 Å². The number of carboxylic acids is 1. The fourth-order valence-electron chi connectivity index (χ4n) is 2.84. The van der Waals surface area contributed by atoms with E-state index in [1.165, 1.54) is 0 Å². The first kappa shape index (κ1) is 21.9. The molecule has 0 heterocycles. The third-order valence-electron chi connectivity index (χ3n) is 4.35. The quantitative estimate of drug-likeness (QED) is 0.654. The molecule has 0 aliphatic carbocycles. The fourth-order valence-corrected chi connectivity index (χ4v) is 2.84. The number of halogens is 1. The van der Waals surface area contributed by atoms with Crippen LogP contribution in [0.4, 0.5) is 0 Å². The molecule has 0 aliphatic heterocycles. The summed E-state index contributed by atoms with van der Waals surface area (Å²) in [5, 5.41) is 17.3. The number of carbonyl (C=O) groups is 2. The number of benzene rings is 2. The van der Waals surface area contributed by atoms with Gasteiger partial charge in [-0.1, -0.05) is 49.7 Å². The van der Waals surface area contributed by atoms with Crippen molar-refractivity contribution in [2.75, 3.05) is 0 Å². The van der Waals surface area contributed by atoms with Crippen LogP contribution in [-0.4, -0.2) is 29.1 Å². The Bertz CT molecular complexity index is 751. The monoisotopic (exact) mass is 378 g/mol. The van der Waals surface area contributed by atoms with E-state index in [-0.39, 0.29) is 24.4 Å². The van der Waals surface area contributed by atoms with Gasteiger partial charge in [-0.05, 0) is 42.7 Å². The van der Waals surface area contributed by atoms with E-state index >= 15 is 0 Å². The molecule has 0 fully saturated rings. The van der Waals surface area contributed by atoms with Crippen LogP contribution >= 0.6 is 12.4 Å². The van der Waals surface area contributed by atoms with Crippen LogP contribution < -0.4 is 10.6 Å². The van der Waals surface area contributed by atoms with Crippen molar-refractivity contribution in [1.29, 1.82) is 0 Å². The Kier molecular flexibility index (Phi) is 8.55. The van der Waals surface area contributed by atoms with E-state index < -0.39 is 18.1 Å². The van der Waals surface area contributed by atoms with Gasteiger partial charge in [0.15, 0.2) is 0 Å². The van der Waals surface area contributed by atoms with E-state index in [0.717, 1.165) is 22.8 Å². The van der Waals surface area contributed by atoms with Gasteiger partial charge in [-0.25, -0.2) is 0 Å². The van der Waals surface area contributed by atoms with Crippen molar-refractivity contribution in [3.8, 4) is 0 Å². The standard InChI is InChI=1S/C20H26N2O3.ClH/c1-4-7-18(20(24)25)21-14(3)19(23)22-13(2)16-11-10-15-8-5-6-9-17(15)12-16;/h5-6,8-14,18,21H,4,7H2,1-3H3,(H,22,23)(H,24,25);1H. The predicted molar refractivity (Wildman–Crippen MR) is 107 cm³/mol. The number of carboxylic acid groups (broad SMARTS) is 1. The van der Waals surface area contributed by atoms with E-state index in [1.807, 2.05) is 50.2 Å². The van der Waals surface area contributed by atoms with Gasteiger partial charge >= 0.3 is 5.97 Å². The highest BCUT2D eigenvalue weighted by molar-refractivity contribution is 5.85. The first-order chi connectivity index (χ1) is 11.9. The summed E-state index contributed by atoms with van der Waals surface area (Å²) in [5.41, 5.74) is 1.02. The summed E-state index contributed by atoms with van der Waals surface area (Å²) in [6, 6.07) is 12.7. The molecule has 0 aromatic heterocycles. The van der Waals surface area contributed by atoms with Gasteiger partial charge in [0.1, 0.15) is 6.04 Å². The lowest BCUT2D eigenvalue weighted by Crippen LogP contribution is -2.49.